The molecule has 0 aliphatic heterocycles. The number of carbonyl (C=O) groups excluding carboxylic acids is 2. The predicted molar refractivity (Wildman–Crippen MR) is 113 cm³/mol. The van der Waals surface area contributed by atoms with Gasteiger partial charge in [-0.05, 0) is 37.3 Å². The Kier molecular flexibility index (Phi) is 9.37. The third-order valence-electron chi connectivity index (χ3n) is 4.61. The topological polar surface area (TPSA) is 105 Å². The lowest BCUT2D eigenvalue weighted by molar-refractivity contribution is -0.142. The molecule has 7 nitrogen and oxygen atoms in total. The molecule has 0 bridgehead atoms. The van der Waals surface area contributed by atoms with Crippen molar-refractivity contribution in [2.24, 2.45) is 0 Å². The second-order valence-electron chi connectivity index (χ2n) is 7.06. The van der Waals surface area contributed by atoms with E-state index in [1.807, 2.05) is 60.7 Å². The zero-order valence-electron chi connectivity index (χ0n) is 17.0. The van der Waals surface area contributed by atoms with Gasteiger partial charge in [-0.1, -0.05) is 67.1 Å². The standard InChI is InChI=1S/C23H28N2O5/c1-17(24-23(29)30-16-19-13-6-3-7-14-19)21(26)25-20(22(27)28)15-9-8-12-18-10-4-2-5-11-18/h2-7,10-11,13-14,17,20H,8-9,12,15-16H2,1H3,(H,24,29)(H,25,26)(H,27,28)/t17-,20-/m0/s1. The maximum absolute atomic E-state index is 12.3. The van der Waals surface area contributed by atoms with Crippen LogP contribution in [-0.2, 0) is 27.4 Å². The highest BCUT2D eigenvalue weighted by molar-refractivity contribution is 5.88. The van der Waals surface area contributed by atoms with Gasteiger partial charge in [-0.25, -0.2) is 9.59 Å². The van der Waals surface area contributed by atoms with Crippen molar-refractivity contribution in [3.05, 3.63) is 71.8 Å². The minimum atomic E-state index is -1.10. The maximum Gasteiger partial charge on any atom is 0.408 e. The lowest BCUT2D eigenvalue weighted by Crippen LogP contribution is -2.50. The van der Waals surface area contributed by atoms with E-state index in [2.05, 4.69) is 10.6 Å². The lowest BCUT2D eigenvalue weighted by Gasteiger charge is -2.18. The third-order valence-corrected chi connectivity index (χ3v) is 4.61. The molecular formula is C23H28N2O5. The number of aryl methyl sites for hydroxylation is 1. The summed E-state index contributed by atoms with van der Waals surface area (Å²) < 4.78 is 5.08. The molecule has 160 valence electrons. The van der Waals surface area contributed by atoms with E-state index in [1.54, 1.807) is 0 Å². The number of benzene rings is 2. The molecule has 0 spiro atoms. The highest BCUT2D eigenvalue weighted by Gasteiger charge is 2.23. The molecule has 2 atom stereocenters. The van der Waals surface area contributed by atoms with Crippen molar-refractivity contribution >= 4 is 18.0 Å². The van der Waals surface area contributed by atoms with E-state index in [4.69, 9.17) is 4.74 Å². The Morgan fingerprint density at radius 3 is 2.10 bits per heavy atom. The van der Waals surface area contributed by atoms with Crippen molar-refractivity contribution in [3.8, 4) is 0 Å². The summed E-state index contributed by atoms with van der Waals surface area (Å²) >= 11 is 0. The molecule has 0 aliphatic rings. The number of alkyl carbamates (subject to hydrolysis) is 1. The molecular weight excluding hydrogens is 384 g/mol. The van der Waals surface area contributed by atoms with Crippen LogP contribution in [0.4, 0.5) is 4.79 Å². The molecule has 2 aromatic rings. The molecule has 30 heavy (non-hydrogen) atoms. The van der Waals surface area contributed by atoms with Crippen LogP contribution in [0.15, 0.2) is 60.7 Å². The highest BCUT2D eigenvalue weighted by Crippen LogP contribution is 2.08. The van der Waals surface area contributed by atoms with E-state index >= 15 is 0 Å². The van der Waals surface area contributed by atoms with Gasteiger partial charge < -0.3 is 20.5 Å². The largest absolute Gasteiger partial charge is 0.480 e. The normalized spacial score (nSPS) is 12.4. The molecule has 2 aromatic carbocycles. The summed E-state index contributed by atoms with van der Waals surface area (Å²) in [6, 6.07) is 17.2. The SMILES string of the molecule is C[C@H](NC(=O)OCc1ccccc1)C(=O)N[C@@H](CCCCc1ccccc1)C(=O)O. The van der Waals surface area contributed by atoms with Crippen LogP contribution in [-0.4, -0.2) is 35.2 Å². The second kappa shape index (κ2) is 12.3. The molecule has 0 radical (unpaired) electrons. The van der Waals surface area contributed by atoms with Crippen molar-refractivity contribution in [2.45, 2.75) is 51.3 Å². The Labute approximate surface area is 176 Å². The van der Waals surface area contributed by atoms with Gasteiger partial charge in [-0.3, -0.25) is 4.79 Å². The number of nitrogens with one attached hydrogen (secondary N) is 2. The second-order valence-corrected chi connectivity index (χ2v) is 7.06. The number of rotatable bonds is 11. The maximum atomic E-state index is 12.3. The van der Waals surface area contributed by atoms with E-state index in [1.165, 1.54) is 12.5 Å². The van der Waals surface area contributed by atoms with Gasteiger partial charge >= 0.3 is 12.1 Å². The summed E-state index contributed by atoms with van der Waals surface area (Å²) in [4.78, 5) is 35.6. The molecule has 0 aromatic heterocycles. The highest BCUT2D eigenvalue weighted by atomic mass is 16.5. The van der Waals surface area contributed by atoms with Crippen LogP contribution < -0.4 is 10.6 Å². The van der Waals surface area contributed by atoms with Gasteiger partial charge in [0.2, 0.25) is 5.91 Å². The van der Waals surface area contributed by atoms with Gasteiger partial charge in [-0.2, -0.15) is 0 Å². The monoisotopic (exact) mass is 412 g/mol. The molecule has 2 rings (SSSR count). The van der Waals surface area contributed by atoms with Gasteiger partial charge in [0.25, 0.3) is 0 Å². The minimum Gasteiger partial charge on any atom is -0.480 e. The number of hydrogen-bond donors (Lipinski definition) is 3. The molecule has 0 saturated carbocycles. The van der Waals surface area contributed by atoms with Gasteiger partial charge in [0.1, 0.15) is 18.7 Å². The minimum absolute atomic E-state index is 0.0835. The molecule has 3 N–H and O–H groups in total. The van der Waals surface area contributed by atoms with Crippen molar-refractivity contribution in [3.63, 3.8) is 0 Å². The fourth-order valence-electron chi connectivity index (χ4n) is 2.88. The first-order valence-corrected chi connectivity index (χ1v) is 10.00. The Morgan fingerprint density at radius 2 is 1.50 bits per heavy atom. The van der Waals surface area contributed by atoms with Crippen molar-refractivity contribution < 1.29 is 24.2 Å². The van der Waals surface area contributed by atoms with E-state index in [0.717, 1.165) is 18.4 Å². The van der Waals surface area contributed by atoms with Crippen LogP contribution in [0.2, 0.25) is 0 Å². The first-order chi connectivity index (χ1) is 14.5. The fourth-order valence-corrected chi connectivity index (χ4v) is 2.88. The molecule has 7 heteroatoms. The smallest absolute Gasteiger partial charge is 0.408 e. The van der Waals surface area contributed by atoms with Gasteiger partial charge in [0.15, 0.2) is 0 Å². The summed E-state index contributed by atoms with van der Waals surface area (Å²) in [6.07, 6.45) is 1.91. The number of unbranched alkanes of at least 4 members (excludes halogenated alkanes) is 1. The summed E-state index contributed by atoms with van der Waals surface area (Å²) in [7, 11) is 0. The number of hydrogen-bond acceptors (Lipinski definition) is 4. The van der Waals surface area contributed by atoms with Crippen molar-refractivity contribution in [1.82, 2.24) is 10.6 Å². The van der Waals surface area contributed by atoms with E-state index in [9.17, 15) is 19.5 Å². The number of ether oxygens (including phenoxy) is 1. The van der Waals surface area contributed by atoms with Crippen molar-refractivity contribution in [2.75, 3.05) is 0 Å². The molecule has 2 amide bonds. The average Bonchev–Trinajstić information content (AvgIpc) is 2.75. The van der Waals surface area contributed by atoms with Crippen molar-refractivity contribution in [1.29, 1.82) is 0 Å². The van der Waals surface area contributed by atoms with E-state index in [-0.39, 0.29) is 6.61 Å². The third kappa shape index (κ3) is 8.34. The van der Waals surface area contributed by atoms with E-state index in [0.29, 0.717) is 12.8 Å². The Morgan fingerprint density at radius 1 is 0.900 bits per heavy atom. The Balaban J connectivity index is 1.71. The van der Waals surface area contributed by atoms with Crippen LogP contribution in [0, 0.1) is 0 Å². The number of carboxylic acids is 1. The quantitative estimate of drug-likeness (QED) is 0.491. The van der Waals surface area contributed by atoms with Gasteiger partial charge in [0.05, 0.1) is 0 Å². The molecule has 0 aliphatic carbocycles. The molecule has 0 fully saturated rings. The summed E-state index contributed by atoms with van der Waals surface area (Å²) in [5.74, 6) is -1.66. The first-order valence-electron chi connectivity index (χ1n) is 10.00. The number of carbonyl (C=O) groups is 3. The van der Waals surface area contributed by atoms with Crippen LogP contribution in [0.1, 0.15) is 37.3 Å². The zero-order valence-corrected chi connectivity index (χ0v) is 17.0. The molecule has 0 heterocycles. The van der Waals surface area contributed by atoms with E-state index < -0.39 is 30.1 Å². The molecule has 0 unspecified atom stereocenters. The number of amides is 2. The zero-order chi connectivity index (χ0) is 21.8. The van der Waals surface area contributed by atoms with Gasteiger partial charge in [0, 0.05) is 0 Å². The van der Waals surface area contributed by atoms with Crippen LogP contribution in [0.25, 0.3) is 0 Å². The summed E-state index contributed by atoms with van der Waals surface area (Å²) in [6.45, 7) is 1.56. The summed E-state index contributed by atoms with van der Waals surface area (Å²) in [5, 5.41) is 14.3. The van der Waals surface area contributed by atoms with Crippen LogP contribution in [0.5, 0.6) is 0 Å². The lowest BCUT2D eigenvalue weighted by atomic mass is 10.0. The van der Waals surface area contributed by atoms with Crippen LogP contribution >= 0.6 is 0 Å². The van der Waals surface area contributed by atoms with Crippen LogP contribution in [0.3, 0.4) is 0 Å². The molecule has 0 saturated heterocycles. The predicted octanol–water partition coefficient (Wildman–Crippen LogP) is 3.28. The Bertz CT molecular complexity index is 811. The average molecular weight is 412 g/mol. The number of aliphatic carboxylic acids is 1. The van der Waals surface area contributed by atoms with Gasteiger partial charge in [-0.15, -0.1) is 0 Å². The Hall–Kier alpha value is -3.35. The number of carboxylic acid groups (broad SMARTS) is 1. The fraction of sp³-hybridized carbons (Fsp3) is 0.348. The summed E-state index contributed by atoms with van der Waals surface area (Å²) in [5.41, 5.74) is 2.02. The first kappa shape index (κ1) is 22.9.